The van der Waals surface area contributed by atoms with Gasteiger partial charge in [0.05, 0.1) is 63.8 Å². The molecule has 0 aromatic heterocycles. The van der Waals surface area contributed by atoms with Gasteiger partial charge in [-0.3, -0.25) is 4.90 Å². The number of hydrogen-bond donors (Lipinski definition) is 2. The highest BCUT2D eigenvalue weighted by molar-refractivity contribution is 14.1. The zero-order chi connectivity index (χ0) is 80.4. The van der Waals surface area contributed by atoms with Gasteiger partial charge in [-0.05, 0) is 520 Å². The lowest BCUT2D eigenvalue weighted by Crippen LogP contribution is -2.41. The maximum absolute atomic E-state index is 12.4. The first kappa shape index (κ1) is 100. The van der Waals surface area contributed by atoms with E-state index in [1.807, 2.05) is 119 Å². The third-order valence-corrected chi connectivity index (χ3v) is 37.3. The van der Waals surface area contributed by atoms with Crippen LogP contribution in [0.25, 0.3) is 0 Å². The van der Waals surface area contributed by atoms with Gasteiger partial charge in [0, 0.05) is 91.2 Å². The average molecular weight is 3100 g/mol. The first-order valence-electron chi connectivity index (χ1n) is 35.1. The Hall–Kier alpha value is 2.53. The number of nitrogens with zero attached hydrogens (tertiary/aromatic N) is 4. The smallest absolute Gasteiger partial charge is 0.410 e. The van der Waals surface area contributed by atoms with E-state index in [0.29, 0.717) is 112 Å². The highest BCUT2D eigenvalue weighted by atomic mass is 127. The lowest BCUT2D eigenvalue weighted by atomic mass is 9.94. The summed E-state index contributed by atoms with van der Waals surface area (Å²) in [6.45, 7) is 15.1. The minimum Gasteiger partial charge on any atom is -0.506 e. The summed E-state index contributed by atoms with van der Waals surface area (Å²) in [5.74, 6) is -0.0423. The summed E-state index contributed by atoms with van der Waals surface area (Å²) in [5, 5.41) is 13.4. The third kappa shape index (κ3) is 34.1. The van der Waals surface area contributed by atoms with Crippen molar-refractivity contribution in [1.82, 2.24) is 24.9 Å². The highest BCUT2D eigenvalue weighted by Crippen LogP contribution is 2.33. The first-order chi connectivity index (χ1) is 51.5. The Morgan fingerprint density at radius 2 is 0.844 bits per heavy atom. The average Bonchev–Trinajstić information content (AvgIpc) is 1.77. The molecular formula is C74H87I14N5O15S. The van der Waals surface area contributed by atoms with Gasteiger partial charge < -0.3 is 53.5 Å². The Morgan fingerprint density at radius 3 is 1.28 bits per heavy atom. The predicted molar refractivity (Wildman–Crippen MR) is 544 cm³/mol. The topological polar surface area (TPSA) is 237 Å². The van der Waals surface area contributed by atoms with Crippen LogP contribution in [-0.2, 0) is 38.3 Å². The Labute approximate surface area is 832 Å². The minimum absolute atomic E-state index is 0.0123. The first-order valence-corrected chi connectivity index (χ1v) is 52.0. The zero-order valence-electron chi connectivity index (χ0n) is 60.5. The standard InChI is InChI=1S/C19H24I3NO4.2C14H16I3NO2.C14H17I2NO3.C13H14I3NO4S/c1-19(2,3)27-18(25)23-9-6-12(7-10-23)8-11-26-17(24)15-13(20)4-5-14(21)16(15)22;1-18-6-4-9(5-7-18)8-20-14(19)12-10(15)2-3-11(16)13(12)17;1-18-7-2-3-9(18)6-8-20-14(19)12-10(15)4-5-11(16)13(12)17;15-10-4-5-11(16)13(18)12(10)14(19)20-8-6-9-3-1-2-7-17-9;14-9-1-2-10(15)12(16)11(9)13(18)21-6-3-17-4-7-22(19,20)8-5-17/h4-5,12H,6-11H2,1-3H3;2-3,9H,4-8H2,1H3;4-5,9H,2-3,6-8H2,1H3;4-5,9,17-18H,1-3,6-8H2;1-2H,3-8H2. The van der Waals surface area contributed by atoms with E-state index in [9.17, 15) is 42.3 Å². The van der Waals surface area contributed by atoms with E-state index in [1.165, 1.54) is 25.7 Å². The van der Waals surface area contributed by atoms with Crippen molar-refractivity contribution in [1.29, 1.82) is 0 Å². The molecule has 5 aliphatic heterocycles. The molecule has 0 aliphatic carbocycles. The Kier molecular flexibility index (Phi) is 46.8. The van der Waals surface area contributed by atoms with Crippen molar-refractivity contribution in [3.05, 3.63) is 138 Å². The lowest BCUT2D eigenvalue weighted by molar-refractivity contribution is 0.0168. The van der Waals surface area contributed by atoms with Gasteiger partial charge >= 0.3 is 35.9 Å². The van der Waals surface area contributed by atoms with Gasteiger partial charge in [0.2, 0.25) is 0 Å². The van der Waals surface area contributed by atoms with E-state index in [1.54, 1.807) is 17.0 Å². The second-order valence-corrected chi connectivity index (χ2v) is 45.4. The quantitative estimate of drug-likeness (QED) is 0.0338. The van der Waals surface area contributed by atoms with Gasteiger partial charge in [-0.25, -0.2) is 37.2 Å². The van der Waals surface area contributed by atoms with Crippen LogP contribution in [0.1, 0.15) is 150 Å². The van der Waals surface area contributed by atoms with Crippen molar-refractivity contribution in [2.24, 2.45) is 11.8 Å². The monoisotopic (exact) mass is 3090 g/mol. The maximum atomic E-state index is 12.4. The van der Waals surface area contributed by atoms with Crippen molar-refractivity contribution in [2.45, 2.75) is 116 Å². The number of carbonyl (C=O) groups excluding carboxylic acids is 6. The lowest BCUT2D eigenvalue weighted by Gasteiger charge is -2.33. The Morgan fingerprint density at radius 1 is 0.450 bits per heavy atom. The van der Waals surface area contributed by atoms with Crippen LogP contribution < -0.4 is 5.32 Å². The number of piperidine rings is 3. The number of likely N-dealkylation sites (tertiary alicyclic amines) is 3. The normalized spacial score (nSPS) is 17.7. The molecule has 109 heavy (non-hydrogen) atoms. The largest absolute Gasteiger partial charge is 0.506 e. The van der Waals surface area contributed by atoms with Crippen molar-refractivity contribution in [3.63, 3.8) is 0 Å². The molecule has 5 aromatic carbocycles. The molecule has 602 valence electrons. The van der Waals surface area contributed by atoms with Gasteiger partial charge in [0.25, 0.3) is 0 Å². The molecule has 5 heterocycles. The molecule has 0 spiro atoms. The Bertz CT molecular complexity index is 4030. The maximum Gasteiger partial charge on any atom is 0.410 e. The summed E-state index contributed by atoms with van der Waals surface area (Å²) in [7, 11) is 1.41. The molecule has 1 amide bonds. The Balaban J connectivity index is 0.000000214. The van der Waals surface area contributed by atoms with E-state index >= 15 is 0 Å². The van der Waals surface area contributed by atoms with Crippen LogP contribution in [-0.4, -0.2) is 204 Å². The fourth-order valence-corrected chi connectivity index (χ4v) is 23.4. The number of phenolic OH excluding ortho intramolecular Hbond substituents is 1. The number of hydrogen-bond acceptors (Lipinski definition) is 19. The van der Waals surface area contributed by atoms with Crippen molar-refractivity contribution in [3.8, 4) is 5.75 Å². The molecule has 5 aromatic rings. The fraction of sp³-hybridized carbons (Fsp3) is 0.514. The van der Waals surface area contributed by atoms with E-state index in [0.717, 1.165) is 120 Å². The summed E-state index contributed by atoms with van der Waals surface area (Å²) in [5.41, 5.74) is 2.49. The summed E-state index contributed by atoms with van der Waals surface area (Å²) < 4.78 is 68.5. The van der Waals surface area contributed by atoms with E-state index < -0.39 is 21.4 Å². The van der Waals surface area contributed by atoms with Crippen LogP contribution in [0.4, 0.5) is 4.79 Å². The van der Waals surface area contributed by atoms with Crippen molar-refractivity contribution < 1.29 is 70.7 Å². The highest BCUT2D eigenvalue weighted by Gasteiger charge is 2.30. The van der Waals surface area contributed by atoms with Crippen LogP contribution in [0.5, 0.6) is 5.75 Å². The van der Waals surface area contributed by atoms with E-state index in [4.69, 9.17) is 28.4 Å². The van der Waals surface area contributed by atoms with Crippen LogP contribution >= 0.6 is 316 Å². The van der Waals surface area contributed by atoms with Crippen molar-refractivity contribution in [2.75, 3.05) is 118 Å². The number of carbonyl (C=O) groups is 6. The summed E-state index contributed by atoms with van der Waals surface area (Å²) in [4.78, 5) is 81.9. The van der Waals surface area contributed by atoms with Crippen LogP contribution in [0.2, 0.25) is 0 Å². The number of ether oxygens (including phenoxy) is 6. The third-order valence-electron chi connectivity index (χ3n) is 18.1. The number of esters is 5. The number of aromatic hydroxyl groups is 1. The molecule has 0 saturated carbocycles. The number of benzene rings is 5. The molecular weight excluding hydrogens is 3010 g/mol. The van der Waals surface area contributed by atoms with Gasteiger partial charge in [-0.1, -0.05) is 6.42 Å². The van der Waals surface area contributed by atoms with Crippen molar-refractivity contribution >= 4 is 362 Å². The molecule has 5 aliphatic rings. The molecule has 0 radical (unpaired) electrons. The number of nitrogens with one attached hydrogen (secondary N) is 1. The molecule has 5 saturated heterocycles. The molecule has 2 atom stereocenters. The number of phenols is 1. The number of halogens is 14. The van der Waals surface area contributed by atoms with Crippen LogP contribution in [0, 0.1) is 61.8 Å². The number of sulfone groups is 1. The second-order valence-electron chi connectivity index (χ2n) is 27.2. The predicted octanol–water partition coefficient (Wildman–Crippen LogP) is 19.5. The zero-order valence-corrected chi connectivity index (χ0v) is 91.6. The summed E-state index contributed by atoms with van der Waals surface area (Å²) >= 11 is 30.4. The van der Waals surface area contributed by atoms with Gasteiger partial charge in [0.1, 0.15) is 23.5 Å². The minimum atomic E-state index is -2.87. The van der Waals surface area contributed by atoms with E-state index in [-0.39, 0.29) is 59.4 Å². The number of rotatable bonds is 19. The molecule has 0 bridgehead atoms. The van der Waals surface area contributed by atoms with Gasteiger partial charge in [0.15, 0.2) is 9.84 Å². The van der Waals surface area contributed by atoms with Gasteiger partial charge in [-0.15, -0.1) is 0 Å². The summed E-state index contributed by atoms with van der Waals surface area (Å²) in [6.07, 6.45) is 12.5. The summed E-state index contributed by atoms with van der Waals surface area (Å²) in [6, 6.07) is 20.4. The van der Waals surface area contributed by atoms with E-state index in [2.05, 4.69) is 300 Å². The molecule has 10 rings (SSSR count). The molecule has 20 nitrogen and oxygen atoms in total. The second kappa shape index (κ2) is 50.8. The number of amides is 1. The molecule has 5 fully saturated rings. The van der Waals surface area contributed by atoms with Crippen LogP contribution in [0.15, 0.2) is 60.7 Å². The molecule has 2 unspecified atom stereocenters. The fourth-order valence-electron chi connectivity index (χ4n) is 11.8. The molecule has 2 N–H and O–H groups in total. The molecule has 35 heteroatoms. The van der Waals surface area contributed by atoms with Crippen LogP contribution in [0.3, 0.4) is 0 Å². The van der Waals surface area contributed by atoms with Gasteiger partial charge in [-0.2, -0.15) is 0 Å². The SMILES string of the molecule is CC(C)(C)OC(=O)N1CCC(CCOC(=O)c2c(I)ccc(I)c2I)CC1.CN1CCC(COC(=O)c2c(I)ccc(I)c2I)CC1.CN1CCCC1CCOC(=O)c1c(I)ccc(I)c1I.O=C(OCCC1CCCCN1)c1c(I)ccc(I)c1O.O=C(OCCN1CCS(=O)(=O)CC1)c1c(I)ccc(I)c1I.